The van der Waals surface area contributed by atoms with Gasteiger partial charge in [-0.25, -0.2) is 0 Å². The maximum Gasteiger partial charge on any atom is 0.220 e. The summed E-state index contributed by atoms with van der Waals surface area (Å²) in [5.41, 5.74) is 0. The van der Waals surface area contributed by atoms with Crippen molar-refractivity contribution in [2.45, 2.75) is 71.3 Å². The minimum atomic E-state index is 0.0297. The molecule has 0 aromatic carbocycles. The molecule has 0 aliphatic heterocycles. The highest BCUT2D eigenvalue weighted by Gasteiger charge is 2.17. The van der Waals surface area contributed by atoms with Gasteiger partial charge in [0.15, 0.2) is 0 Å². The average molecular weight is 250 g/mol. The quantitative estimate of drug-likeness (QED) is 0.785. The first kappa shape index (κ1) is 15.0. The lowest BCUT2D eigenvalue weighted by atomic mass is 9.93. The zero-order valence-corrected chi connectivity index (χ0v) is 11.7. The van der Waals surface area contributed by atoms with Crippen molar-refractivity contribution < 1.29 is 4.79 Å². The molecule has 1 N–H and O–H groups in total. The number of hydrogen-bond donors (Lipinski definition) is 1. The number of nitrogens with one attached hydrogen (secondary N) is 1. The Morgan fingerprint density at radius 2 is 2.00 bits per heavy atom. The lowest BCUT2D eigenvalue weighted by Gasteiger charge is -2.23. The second-order valence-corrected chi connectivity index (χ2v) is 5.90. The molecule has 0 radical (unpaired) electrons. The molecule has 1 rings (SSSR count). The monoisotopic (exact) mass is 250 g/mol. The Kier molecular flexibility index (Phi) is 6.78. The molecular formula is C15H26N2O. The van der Waals surface area contributed by atoms with E-state index in [2.05, 4.69) is 25.2 Å². The van der Waals surface area contributed by atoms with E-state index in [1.807, 2.05) is 0 Å². The molecule has 0 aromatic heterocycles. The van der Waals surface area contributed by atoms with Gasteiger partial charge in [-0.3, -0.25) is 4.79 Å². The van der Waals surface area contributed by atoms with Crippen LogP contribution >= 0.6 is 0 Å². The van der Waals surface area contributed by atoms with E-state index in [0.717, 1.165) is 19.3 Å². The minimum absolute atomic E-state index is 0.0297. The van der Waals surface area contributed by atoms with E-state index in [1.54, 1.807) is 0 Å². The van der Waals surface area contributed by atoms with Crippen LogP contribution in [0.2, 0.25) is 0 Å². The highest BCUT2D eigenvalue weighted by atomic mass is 16.1. The van der Waals surface area contributed by atoms with E-state index >= 15 is 0 Å². The Hall–Kier alpha value is -1.04. The van der Waals surface area contributed by atoms with Crippen molar-refractivity contribution in [1.82, 2.24) is 5.32 Å². The van der Waals surface area contributed by atoms with Crippen LogP contribution in [0.3, 0.4) is 0 Å². The van der Waals surface area contributed by atoms with Gasteiger partial charge in [0, 0.05) is 18.4 Å². The second kappa shape index (κ2) is 8.13. The molecule has 1 aliphatic rings. The van der Waals surface area contributed by atoms with Gasteiger partial charge in [-0.1, -0.05) is 33.1 Å². The highest BCUT2D eigenvalue weighted by Crippen LogP contribution is 2.19. The number of nitrogens with zero attached hydrogens (tertiary/aromatic N) is 1. The van der Waals surface area contributed by atoms with Crippen molar-refractivity contribution in [3.8, 4) is 6.07 Å². The van der Waals surface area contributed by atoms with Crippen molar-refractivity contribution >= 4 is 5.91 Å². The Balaban J connectivity index is 2.20. The van der Waals surface area contributed by atoms with Crippen molar-refractivity contribution in [1.29, 1.82) is 5.26 Å². The molecule has 102 valence electrons. The largest absolute Gasteiger partial charge is 0.353 e. The second-order valence-electron chi connectivity index (χ2n) is 5.90. The number of amides is 1. The van der Waals surface area contributed by atoms with Crippen LogP contribution in [-0.2, 0) is 4.79 Å². The molecule has 18 heavy (non-hydrogen) atoms. The summed E-state index contributed by atoms with van der Waals surface area (Å²) in [6.45, 7) is 4.23. The minimum Gasteiger partial charge on any atom is -0.353 e. The topological polar surface area (TPSA) is 52.9 Å². The summed E-state index contributed by atoms with van der Waals surface area (Å²) < 4.78 is 0. The summed E-state index contributed by atoms with van der Waals surface area (Å²) in [6.07, 6.45) is 8.12. The van der Waals surface area contributed by atoms with Crippen molar-refractivity contribution in [3.05, 3.63) is 0 Å². The molecule has 0 bridgehead atoms. The fraction of sp³-hybridized carbons (Fsp3) is 0.867. The SMILES string of the molecule is CC(C)CC(C#N)CCC(=O)NC1CCCCC1. The van der Waals surface area contributed by atoms with Crippen LogP contribution in [0.5, 0.6) is 0 Å². The molecule has 0 aromatic rings. The third-order valence-electron chi connectivity index (χ3n) is 3.63. The first-order valence-electron chi connectivity index (χ1n) is 7.30. The van der Waals surface area contributed by atoms with Gasteiger partial charge in [0.1, 0.15) is 0 Å². The molecule has 0 saturated heterocycles. The number of carbonyl (C=O) groups excluding carboxylic acids is 1. The van der Waals surface area contributed by atoms with Gasteiger partial charge in [0.25, 0.3) is 0 Å². The highest BCUT2D eigenvalue weighted by molar-refractivity contribution is 5.76. The van der Waals surface area contributed by atoms with E-state index in [1.165, 1.54) is 19.3 Å². The lowest BCUT2D eigenvalue weighted by molar-refractivity contribution is -0.122. The van der Waals surface area contributed by atoms with Gasteiger partial charge in [-0.2, -0.15) is 5.26 Å². The summed E-state index contributed by atoms with van der Waals surface area (Å²) in [7, 11) is 0. The summed E-state index contributed by atoms with van der Waals surface area (Å²) in [5, 5.41) is 12.1. The predicted molar refractivity (Wildman–Crippen MR) is 72.8 cm³/mol. The molecule has 0 heterocycles. The van der Waals surface area contributed by atoms with Gasteiger partial charge < -0.3 is 5.32 Å². The number of rotatable bonds is 6. The maximum absolute atomic E-state index is 11.8. The van der Waals surface area contributed by atoms with Crippen molar-refractivity contribution in [2.24, 2.45) is 11.8 Å². The van der Waals surface area contributed by atoms with Crippen LogP contribution in [0.25, 0.3) is 0 Å². The smallest absolute Gasteiger partial charge is 0.220 e. The summed E-state index contributed by atoms with van der Waals surface area (Å²) in [6, 6.07) is 2.70. The van der Waals surface area contributed by atoms with Crippen LogP contribution in [-0.4, -0.2) is 11.9 Å². The molecule has 3 heteroatoms. The number of carbonyl (C=O) groups is 1. The predicted octanol–water partition coefficient (Wildman–Crippen LogP) is 3.40. The third-order valence-corrected chi connectivity index (χ3v) is 3.63. The summed E-state index contributed by atoms with van der Waals surface area (Å²) in [5.74, 6) is 0.684. The van der Waals surface area contributed by atoms with Gasteiger partial charge in [-0.15, -0.1) is 0 Å². The zero-order valence-electron chi connectivity index (χ0n) is 11.7. The van der Waals surface area contributed by atoms with E-state index in [9.17, 15) is 4.79 Å². The van der Waals surface area contributed by atoms with E-state index in [-0.39, 0.29) is 11.8 Å². The number of nitriles is 1. The van der Waals surface area contributed by atoms with Crippen LogP contribution in [0.4, 0.5) is 0 Å². The van der Waals surface area contributed by atoms with Crippen molar-refractivity contribution in [2.75, 3.05) is 0 Å². The lowest BCUT2D eigenvalue weighted by Crippen LogP contribution is -2.36. The molecule has 1 aliphatic carbocycles. The van der Waals surface area contributed by atoms with Crippen LogP contribution in [0.1, 0.15) is 65.2 Å². The van der Waals surface area contributed by atoms with Gasteiger partial charge in [0.05, 0.1) is 6.07 Å². The maximum atomic E-state index is 11.8. The van der Waals surface area contributed by atoms with E-state index in [4.69, 9.17) is 5.26 Å². The van der Waals surface area contributed by atoms with Gasteiger partial charge in [-0.05, 0) is 31.6 Å². The average Bonchev–Trinajstić information content (AvgIpc) is 2.35. The zero-order chi connectivity index (χ0) is 13.4. The normalized spacial score (nSPS) is 18.3. The molecule has 3 nitrogen and oxygen atoms in total. The fourth-order valence-electron chi connectivity index (χ4n) is 2.66. The molecule has 1 unspecified atom stereocenters. The van der Waals surface area contributed by atoms with Crippen LogP contribution in [0, 0.1) is 23.2 Å². The first-order chi connectivity index (χ1) is 8.61. The summed E-state index contributed by atoms with van der Waals surface area (Å²) in [4.78, 5) is 11.8. The molecule has 0 spiro atoms. The van der Waals surface area contributed by atoms with E-state index in [0.29, 0.717) is 24.8 Å². The molecule has 1 atom stereocenters. The molecule has 1 saturated carbocycles. The van der Waals surface area contributed by atoms with Gasteiger partial charge >= 0.3 is 0 Å². The number of hydrogen-bond acceptors (Lipinski definition) is 2. The Morgan fingerprint density at radius 1 is 1.33 bits per heavy atom. The fourth-order valence-corrected chi connectivity index (χ4v) is 2.66. The van der Waals surface area contributed by atoms with Crippen LogP contribution < -0.4 is 5.32 Å². The summed E-state index contributed by atoms with van der Waals surface area (Å²) >= 11 is 0. The molecule has 1 amide bonds. The Labute approximate surface area is 111 Å². The van der Waals surface area contributed by atoms with Gasteiger partial charge in [0.2, 0.25) is 5.91 Å². The standard InChI is InChI=1S/C15H26N2O/c1-12(2)10-13(11-16)8-9-15(18)17-14-6-4-3-5-7-14/h12-14H,3-10H2,1-2H3,(H,17,18). The first-order valence-corrected chi connectivity index (χ1v) is 7.30. The van der Waals surface area contributed by atoms with Crippen molar-refractivity contribution in [3.63, 3.8) is 0 Å². The van der Waals surface area contributed by atoms with Crippen LogP contribution in [0.15, 0.2) is 0 Å². The Bertz CT molecular complexity index is 287. The molecular weight excluding hydrogens is 224 g/mol. The Morgan fingerprint density at radius 3 is 2.56 bits per heavy atom. The van der Waals surface area contributed by atoms with E-state index < -0.39 is 0 Å². The molecule has 1 fully saturated rings. The third kappa shape index (κ3) is 6.05.